The van der Waals surface area contributed by atoms with Crippen LogP contribution in [-0.2, 0) is 0 Å². The summed E-state index contributed by atoms with van der Waals surface area (Å²) < 4.78 is 0. The Balaban J connectivity index is 2.34. The fraction of sp³-hybridized carbons (Fsp3) is 0.455. The van der Waals surface area contributed by atoms with Crippen LogP contribution in [0.15, 0.2) is 18.3 Å². The van der Waals surface area contributed by atoms with E-state index in [2.05, 4.69) is 28.6 Å². The largest absolute Gasteiger partial charge is 0.383 e. The Bertz CT molecular complexity index is 330. The average Bonchev–Trinajstić information content (AvgIpc) is 2.29. The first-order chi connectivity index (χ1) is 7.38. The molecule has 0 saturated heterocycles. The first kappa shape index (κ1) is 11.5. The van der Waals surface area contributed by atoms with Crippen molar-refractivity contribution in [2.45, 2.75) is 13.3 Å². The van der Waals surface area contributed by atoms with E-state index in [1.54, 1.807) is 6.20 Å². The number of hydrogen-bond acceptors (Lipinski definition) is 4. The van der Waals surface area contributed by atoms with Crippen LogP contribution in [0.5, 0.6) is 0 Å². The number of aromatic nitrogens is 1. The van der Waals surface area contributed by atoms with Gasteiger partial charge in [-0.3, -0.25) is 0 Å². The Kier molecular flexibility index (Phi) is 5.20. The third kappa shape index (κ3) is 3.96. The fourth-order valence-electron chi connectivity index (χ4n) is 1.25. The van der Waals surface area contributed by atoms with Crippen LogP contribution in [0.1, 0.15) is 19.0 Å². The zero-order valence-corrected chi connectivity index (χ0v) is 8.95. The quantitative estimate of drug-likeness (QED) is 0.687. The minimum Gasteiger partial charge on any atom is -0.383 e. The van der Waals surface area contributed by atoms with Crippen molar-refractivity contribution in [1.82, 2.24) is 10.3 Å². The van der Waals surface area contributed by atoms with Gasteiger partial charge in [-0.2, -0.15) is 5.26 Å². The Morgan fingerprint density at radius 1 is 1.47 bits per heavy atom. The van der Waals surface area contributed by atoms with Gasteiger partial charge in [-0.15, -0.1) is 0 Å². The smallest absolute Gasteiger partial charge is 0.163 e. The maximum Gasteiger partial charge on any atom is 0.163 e. The van der Waals surface area contributed by atoms with Crippen molar-refractivity contribution >= 4 is 5.69 Å². The highest BCUT2D eigenvalue weighted by Crippen LogP contribution is 2.09. The molecular weight excluding hydrogens is 188 g/mol. The number of pyridine rings is 1. The molecule has 0 atom stereocenters. The van der Waals surface area contributed by atoms with Gasteiger partial charge in [0.05, 0.1) is 5.69 Å². The average molecular weight is 204 g/mol. The topological polar surface area (TPSA) is 60.7 Å². The summed E-state index contributed by atoms with van der Waals surface area (Å²) in [6.07, 6.45) is 2.66. The molecule has 0 aliphatic heterocycles. The van der Waals surface area contributed by atoms with Gasteiger partial charge in [0, 0.05) is 12.7 Å². The third-order valence-corrected chi connectivity index (χ3v) is 2.01. The molecule has 0 unspecified atom stereocenters. The molecule has 1 aromatic rings. The summed E-state index contributed by atoms with van der Waals surface area (Å²) >= 11 is 0. The van der Waals surface area contributed by atoms with Gasteiger partial charge in [0.15, 0.2) is 5.69 Å². The zero-order chi connectivity index (χ0) is 10.9. The third-order valence-electron chi connectivity index (χ3n) is 2.01. The van der Waals surface area contributed by atoms with Crippen LogP contribution in [0.3, 0.4) is 0 Å². The van der Waals surface area contributed by atoms with E-state index >= 15 is 0 Å². The monoisotopic (exact) mass is 204 g/mol. The second kappa shape index (κ2) is 6.80. The van der Waals surface area contributed by atoms with Gasteiger partial charge in [0.25, 0.3) is 0 Å². The number of nitrogens with zero attached hydrogens (tertiary/aromatic N) is 2. The van der Waals surface area contributed by atoms with E-state index in [0.29, 0.717) is 5.69 Å². The molecule has 0 spiro atoms. The Labute approximate surface area is 90.3 Å². The van der Waals surface area contributed by atoms with Gasteiger partial charge >= 0.3 is 0 Å². The van der Waals surface area contributed by atoms with Crippen LogP contribution in [0, 0.1) is 11.3 Å². The van der Waals surface area contributed by atoms with E-state index in [9.17, 15) is 0 Å². The van der Waals surface area contributed by atoms with Gasteiger partial charge in [-0.05, 0) is 31.6 Å². The summed E-state index contributed by atoms with van der Waals surface area (Å²) in [7, 11) is 0. The van der Waals surface area contributed by atoms with Crippen molar-refractivity contribution in [3.8, 4) is 6.07 Å². The lowest BCUT2D eigenvalue weighted by atomic mass is 10.3. The summed E-state index contributed by atoms with van der Waals surface area (Å²) in [6, 6.07) is 5.76. The van der Waals surface area contributed by atoms with Crippen LogP contribution < -0.4 is 10.6 Å². The SMILES string of the molecule is CCNCCCNc1cccnc1C#N. The number of anilines is 1. The number of hydrogen-bond donors (Lipinski definition) is 2. The summed E-state index contributed by atoms with van der Waals surface area (Å²) in [6.45, 7) is 4.93. The standard InChI is InChI=1S/C11H16N4/c1-2-13-6-4-8-14-10-5-3-7-15-11(10)9-12/h3,5,7,13-14H,2,4,6,8H2,1H3. The predicted molar refractivity (Wildman–Crippen MR) is 60.6 cm³/mol. The van der Waals surface area contributed by atoms with Crippen molar-refractivity contribution < 1.29 is 0 Å². The van der Waals surface area contributed by atoms with E-state index in [4.69, 9.17) is 5.26 Å². The van der Waals surface area contributed by atoms with Gasteiger partial charge in [0.1, 0.15) is 6.07 Å². The predicted octanol–water partition coefficient (Wildman–Crippen LogP) is 1.36. The molecule has 0 bridgehead atoms. The lowest BCUT2D eigenvalue weighted by Gasteiger charge is -2.07. The van der Waals surface area contributed by atoms with Gasteiger partial charge < -0.3 is 10.6 Å². The molecule has 1 aromatic heterocycles. The highest BCUT2D eigenvalue weighted by atomic mass is 14.9. The maximum atomic E-state index is 8.79. The Morgan fingerprint density at radius 2 is 2.33 bits per heavy atom. The van der Waals surface area contributed by atoms with E-state index < -0.39 is 0 Å². The molecule has 4 heteroatoms. The maximum absolute atomic E-state index is 8.79. The normalized spacial score (nSPS) is 9.60. The summed E-state index contributed by atoms with van der Waals surface area (Å²) in [5.74, 6) is 0. The van der Waals surface area contributed by atoms with Crippen LogP contribution >= 0.6 is 0 Å². The molecule has 0 aliphatic carbocycles. The van der Waals surface area contributed by atoms with Crippen molar-refractivity contribution in [2.75, 3.05) is 25.0 Å². The number of rotatable bonds is 6. The minimum atomic E-state index is 0.459. The second-order valence-corrected chi connectivity index (χ2v) is 3.15. The van der Waals surface area contributed by atoms with Gasteiger partial charge in [-0.25, -0.2) is 4.98 Å². The molecular formula is C11H16N4. The van der Waals surface area contributed by atoms with Crippen LogP contribution in [-0.4, -0.2) is 24.6 Å². The summed E-state index contributed by atoms with van der Waals surface area (Å²) in [5, 5.41) is 15.2. The molecule has 0 aromatic carbocycles. The molecule has 1 rings (SSSR count). The van der Waals surface area contributed by atoms with Crippen LogP contribution in [0.25, 0.3) is 0 Å². The zero-order valence-electron chi connectivity index (χ0n) is 8.95. The van der Waals surface area contributed by atoms with Crippen LogP contribution in [0.2, 0.25) is 0 Å². The van der Waals surface area contributed by atoms with E-state index in [1.165, 1.54) is 0 Å². The van der Waals surface area contributed by atoms with E-state index in [1.807, 2.05) is 12.1 Å². The fourth-order valence-corrected chi connectivity index (χ4v) is 1.25. The van der Waals surface area contributed by atoms with Crippen molar-refractivity contribution in [3.05, 3.63) is 24.0 Å². The molecule has 80 valence electrons. The van der Waals surface area contributed by atoms with Gasteiger partial charge in [-0.1, -0.05) is 6.92 Å². The summed E-state index contributed by atoms with van der Waals surface area (Å²) in [4.78, 5) is 3.97. The molecule has 0 fully saturated rings. The molecule has 4 nitrogen and oxygen atoms in total. The first-order valence-electron chi connectivity index (χ1n) is 5.18. The molecule has 0 aliphatic rings. The Morgan fingerprint density at radius 3 is 3.07 bits per heavy atom. The molecule has 0 radical (unpaired) electrons. The lowest BCUT2D eigenvalue weighted by Crippen LogP contribution is -2.17. The Hall–Kier alpha value is -1.60. The van der Waals surface area contributed by atoms with Crippen molar-refractivity contribution in [2.24, 2.45) is 0 Å². The molecule has 15 heavy (non-hydrogen) atoms. The van der Waals surface area contributed by atoms with E-state index in [0.717, 1.165) is 31.7 Å². The lowest BCUT2D eigenvalue weighted by molar-refractivity contribution is 0.688. The molecule has 2 N–H and O–H groups in total. The van der Waals surface area contributed by atoms with Crippen molar-refractivity contribution in [1.29, 1.82) is 5.26 Å². The number of nitriles is 1. The highest BCUT2D eigenvalue weighted by molar-refractivity contribution is 5.53. The molecule has 0 saturated carbocycles. The molecule has 0 amide bonds. The second-order valence-electron chi connectivity index (χ2n) is 3.15. The summed E-state index contributed by atoms with van der Waals surface area (Å²) in [5.41, 5.74) is 1.28. The van der Waals surface area contributed by atoms with Crippen LogP contribution in [0.4, 0.5) is 5.69 Å². The number of nitrogens with one attached hydrogen (secondary N) is 2. The highest BCUT2D eigenvalue weighted by Gasteiger charge is 1.99. The minimum absolute atomic E-state index is 0.459. The van der Waals surface area contributed by atoms with Crippen molar-refractivity contribution in [3.63, 3.8) is 0 Å². The first-order valence-corrected chi connectivity index (χ1v) is 5.18. The van der Waals surface area contributed by atoms with E-state index in [-0.39, 0.29) is 0 Å². The molecule has 1 heterocycles. The van der Waals surface area contributed by atoms with Gasteiger partial charge in [0.2, 0.25) is 0 Å².